The normalized spacial score (nSPS) is 14.8. The first-order valence-electron chi connectivity index (χ1n) is 6.45. The van der Waals surface area contributed by atoms with Gasteiger partial charge in [0.15, 0.2) is 0 Å². The molecule has 0 fully saturated rings. The predicted octanol–water partition coefficient (Wildman–Crippen LogP) is 4.43. The van der Waals surface area contributed by atoms with Crippen LogP contribution in [0.5, 0.6) is 5.75 Å². The molecule has 2 nitrogen and oxygen atoms in total. The van der Waals surface area contributed by atoms with Crippen LogP contribution in [0.2, 0.25) is 5.02 Å². The topological polar surface area (TPSA) is 29.5 Å². The average molecular weight is 354 g/mol. The van der Waals surface area contributed by atoms with Crippen molar-refractivity contribution in [2.45, 2.75) is 19.4 Å². The van der Waals surface area contributed by atoms with Crippen molar-refractivity contribution >= 4 is 27.5 Å². The van der Waals surface area contributed by atoms with Gasteiger partial charge in [-0.25, -0.2) is 0 Å². The van der Waals surface area contributed by atoms with Crippen LogP contribution in [0.25, 0.3) is 0 Å². The van der Waals surface area contributed by atoms with Crippen LogP contribution in [0.15, 0.2) is 34.8 Å². The second-order valence-electron chi connectivity index (χ2n) is 5.01. The van der Waals surface area contributed by atoms with Crippen molar-refractivity contribution in [2.75, 3.05) is 6.61 Å². The molecule has 0 spiro atoms. The highest BCUT2D eigenvalue weighted by Crippen LogP contribution is 2.40. The van der Waals surface area contributed by atoms with E-state index in [2.05, 4.69) is 15.9 Å². The average Bonchev–Trinajstić information content (AvgIpc) is 2.85. The van der Waals surface area contributed by atoms with E-state index >= 15 is 0 Å². The van der Waals surface area contributed by atoms with Gasteiger partial charge in [-0.05, 0) is 36.2 Å². The molecule has 4 heteroatoms. The predicted molar refractivity (Wildman–Crippen MR) is 83.6 cm³/mol. The number of aryl methyl sites for hydroxylation is 1. The Bertz CT molecular complexity index is 670. The second-order valence-corrected chi connectivity index (χ2v) is 6.33. The van der Waals surface area contributed by atoms with Gasteiger partial charge in [0, 0.05) is 27.0 Å². The van der Waals surface area contributed by atoms with Gasteiger partial charge in [0.25, 0.3) is 0 Å². The maximum Gasteiger partial charge on any atom is 0.128 e. The molecule has 1 unspecified atom stereocenters. The van der Waals surface area contributed by atoms with E-state index in [1.165, 1.54) is 0 Å². The summed E-state index contributed by atoms with van der Waals surface area (Å²) in [6.45, 7) is 2.63. The Morgan fingerprint density at radius 1 is 1.25 bits per heavy atom. The van der Waals surface area contributed by atoms with Gasteiger partial charge >= 0.3 is 0 Å². The van der Waals surface area contributed by atoms with Crippen LogP contribution in [-0.4, -0.2) is 11.7 Å². The van der Waals surface area contributed by atoms with Crippen LogP contribution < -0.4 is 4.74 Å². The van der Waals surface area contributed by atoms with Gasteiger partial charge in [-0.15, -0.1) is 0 Å². The van der Waals surface area contributed by atoms with Gasteiger partial charge in [-0.2, -0.15) is 0 Å². The first-order chi connectivity index (χ1) is 9.56. The van der Waals surface area contributed by atoms with Crippen LogP contribution in [0.3, 0.4) is 0 Å². The summed E-state index contributed by atoms with van der Waals surface area (Å²) in [6.07, 6.45) is 0.0864. The van der Waals surface area contributed by atoms with Crippen LogP contribution in [0.4, 0.5) is 0 Å². The first-order valence-corrected chi connectivity index (χ1v) is 7.62. The van der Waals surface area contributed by atoms with Gasteiger partial charge < -0.3 is 9.84 Å². The molecular formula is C16H14BrClO2. The number of aliphatic hydroxyl groups is 1. The van der Waals surface area contributed by atoms with E-state index in [1.54, 1.807) is 0 Å². The smallest absolute Gasteiger partial charge is 0.128 e. The Morgan fingerprint density at radius 2 is 2.05 bits per heavy atom. The SMILES string of the molecule is Cc1ccc(C(O)c2cc(Br)cc3c2OCC3)c(Cl)c1. The lowest BCUT2D eigenvalue weighted by Gasteiger charge is -2.17. The van der Waals surface area contributed by atoms with Crippen molar-refractivity contribution in [3.8, 4) is 5.75 Å². The molecule has 0 saturated heterocycles. The summed E-state index contributed by atoms with van der Waals surface area (Å²) in [5.74, 6) is 0.789. The molecule has 0 aromatic heterocycles. The lowest BCUT2D eigenvalue weighted by Crippen LogP contribution is -2.03. The Kier molecular flexibility index (Phi) is 3.76. The third-order valence-electron chi connectivity index (χ3n) is 3.52. The third kappa shape index (κ3) is 2.46. The molecule has 104 valence electrons. The molecular weight excluding hydrogens is 340 g/mol. The fourth-order valence-electron chi connectivity index (χ4n) is 2.52. The van der Waals surface area contributed by atoms with E-state index in [4.69, 9.17) is 16.3 Å². The number of hydrogen-bond acceptors (Lipinski definition) is 2. The molecule has 0 radical (unpaired) electrons. The third-order valence-corrected chi connectivity index (χ3v) is 4.31. The number of aliphatic hydroxyl groups excluding tert-OH is 1. The van der Waals surface area contributed by atoms with E-state index in [-0.39, 0.29) is 0 Å². The van der Waals surface area contributed by atoms with Gasteiger partial charge in [0.05, 0.1) is 6.61 Å². The molecule has 3 rings (SSSR count). The van der Waals surface area contributed by atoms with Crippen molar-refractivity contribution in [1.29, 1.82) is 0 Å². The Labute approximate surface area is 131 Å². The van der Waals surface area contributed by atoms with Gasteiger partial charge in [-0.3, -0.25) is 0 Å². The Balaban J connectivity index is 2.09. The number of rotatable bonds is 2. The van der Waals surface area contributed by atoms with Crippen LogP contribution >= 0.6 is 27.5 Å². The highest BCUT2D eigenvalue weighted by Gasteiger charge is 2.24. The number of ether oxygens (including phenoxy) is 1. The molecule has 1 heterocycles. The molecule has 1 atom stereocenters. The summed E-state index contributed by atoms with van der Waals surface area (Å²) in [5.41, 5.74) is 3.66. The van der Waals surface area contributed by atoms with Crippen LogP contribution in [-0.2, 0) is 6.42 Å². The number of halogens is 2. The van der Waals surface area contributed by atoms with Crippen molar-refractivity contribution in [2.24, 2.45) is 0 Å². The van der Waals surface area contributed by atoms with Crippen LogP contribution in [0.1, 0.15) is 28.4 Å². The minimum Gasteiger partial charge on any atom is -0.493 e. The van der Waals surface area contributed by atoms with Gasteiger partial charge in [-0.1, -0.05) is 39.7 Å². The number of benzene rings is 2. The Morgan fingerprint density at radius 3 is 2.80 bits per heavy atom. The number of fused-ring (bicyclic) bond motifs is 1. The highest BCUT2D eigenvalue weighted by atomic mass is 79.9. The maximum absolute atomic E-state index is 10.7. The van der Waals surface area contributed by atoms with Crippen LogP contribution in [0, 0.1) is 6.92 Å². The summed E-state index contributed by atoms with van der Waals surface area (Å²) >= 11 is 9.74. The van der Waals surface area contributed by atoms with E-state index in [0.29, 0.717) is 17.2 Å². The fraction of sp³-hybridized carbons (Fsp3) is 0.250. The monoisotopic (exact) mass is 352 g/mol. The molecule has 2 aromatic carbocycles. The summed E-state index contributed by atoms with van der Waals surface area (Å²) in [7, 11) is 0. The van der Waals surface area contributed by atoms with E-state index in [9.17, 15) is 5.11 Å². The second kappa shape index (κ2) is 5.40. The summed E-state index contributed by atoms with van der Waals surface area (Å²) in [6, 6.07) is 9.60. The molecule has 1 N–H and O–H groups in total. The molecule has 0 aliphatic carbocycles. The first kappa shape index (κ1) is 13.9. The molecule has 2 aromatic rings. The molecule has 20 heavy (non-hydrogen) atoms. The molecule has 1 aliphatic heterocycles. The Hall–Kier alpha value is -1.03. The summed E-state index contributed by atoms with van der Waals surface area (Å²) in [4.78, 5) is 0. The molecule has 0 amide bonds. The zero-order valence-electron chi connectivity index (χ0n) is 11.0. The maximum atomic E-state index is 10.7. The summed E-state index contributed by atoms with van der Waals surface area (Å²) < 4.78 is 6.61. The van der Waals surface area contributed by atoms with E-state index < -0.39 is 6.10 Å². The van der Waals surface area contributed by atoms with Crippen molar-refractivity contribution in [3.63, 3.8) is 0 Å². The number of hydrogen-bond donors (Lipinski definition) is 1. The molecule has 0 saturated carbocycles. The van der Waals surface area contributed by atoms with Gasteiger partial charge in [0.1, 0.15) is 11.9 Å². The minimum atomic E-state index is -0.785. The summed E-state index contributed by atoms with van der Waals surface area (Å²) in [5, 5.41) is 11.2. The van der Waals surface area contributed by atoms with E-state index in [0.717, 1.165) is 33.3 Å². The highest BCUT2D eigenvalue weighted by molar-refractivity contribution is 9.10. The van der Waals surface area contributed by atoms with Crippen molar-refractivity contribution in [1.82, 2.24) is 0 Å². The zero-order chi connectivity index (χ0) is 14.3. The quantitative estimate of drug-likeness (QED) is 0.865. The lowest BCUT2D eigenvalue weighted by atomic mass is 9.97. The van der Waals surface area contributed by atoms with Crippen molar-refractivity contribution < 1.29 is 9.84 Å². The largest absolute Gasteiger partial charge is 0.493 e. The molecule has 1 aliphatic rings. The van der Waals surface area contributed by atoms with Crippen molar-refractivity contribution in [3.05, 3.63) is 62.1 Å². The standard InChI is InChI=1S/C16H14BrClO2/c1-9-2-3-12(14(18)6-9)15(19)13-8-11(17)7-10-4-5-20-16(10)13/h2-3,6-8,15,19H,4-5H2,1H3. The van der Waals surface area contributed by atoms with Gasteiger partial charge in [0.2, 0.25) is 0 Å². The van der Waals surface area contributed by atoms with E-state index in [1.807, 2.05) is 37.3 Å². The minimum absolute atomic E-state index is 0.573. The zero-order valence-corrected chi connectivity index (χ0v) is 13.3. The molecule has 0 bridgehead atoms. The fourth-order valence-corrected chi connectivity index (χ4v) is 3.38. The lowest BCUT2D eigenvalue weighted by molar-refractivity contribution is 0.213.